The standard InChI is InChI=1S/C16H21N3O2S/c1-9-6-16(21-19-9)7-11(8-16)15(20)18-13-5-3-4-12-14(13)22-10(2)17-12/h11,13H,3-8H2,1-2H3,(H,18,20). The van der Waals surface area contributed by atoms with Crippen molar-refractivity contribution in [2.75, 3.05) is 0 Å². The predicted molar refractivity (Wildman–Crippen MR) is 84.9 cm³/mol. The van der Waals surface area contributed by atoms with E-state index in [1.165, 1.54) is 10.6 Å². The molecule has 0 radical (unpaired) electrons. The average Bonchev–Trinajstić information content (AvgIpc) is 3.00. The maximum atomic E-state index is 12.5. The maximum absolute atomic E-state index is 12.5. The van der Waals surface area contributed by atoms with Crippen LogP contribution in [0.1, 0.15) is 60.6 Å². The first kappa shape index (κ1) is 14.2. The molecule has 1 N–H and O–H groups in total. The number of aryl methyl sites for hydroxylation is 2. The fourth-order valence-electron chi connectivity index (χ4n) is 3.92. The molecule has 4 rings (SSSR count). The Hall–Kier alpha value is -1.43. The number of nitrogens with zero attached hydrogens (tertiary/aromatic N) is 2. The summed E-state index contributed by atoms with van der Waals surface area (Å²) in [5.41, 5.74) is 2.05. The second-order valence-corrected chi connectivity index (χ2v) is 8.11. The van der Waals surface area contributed by atoms with E-state index in [-0.39, 0.29) is 23.5 Å². The highest BCUT2D eigenvalue weighted by molar-refractivity contribution is 7.11. The minimum Gasteiger partial charge on any atom is -0.389 e. The zero-order valence-electron chi connectivity index (χ0n) is 13.0. The van der Waals surface area contributed by atoms with Crippen molar-refractivity contribution in [3.63, 3.8) is 0 Å². The SMILES string of the molecule is CC1=NOC2(C1)CC(C(=O)NC1CCCc3nc(C)sc31)C2. The second kappa shape index (κ2) is 5.05. The first-order chi connectivity index (χ1) is 10.5. The zero-order chi connectivity index (χ0) is 15.3. The van der Waals surface area contributed by atoms with Gasteiger partial charge in [0.2, 0.25) is 5.91 Å². The summed E-state index contributed by atoms with van der Waals surface area (Å²) in [5.74, 6) is 0.239. The van der Waals surface area contributed by atoms with Crippen molar-refractivity contribution in [1.29, 1.82) is 0 Å². The number of rotatable bonds is 2. The third-order valence-corrected chi connectivity index (χ3v) is 6.08. The maximum Gasteiger partial charge on any atom is 0.223 e. The van der Waals surface area contributed by atoms with E-state index >= 15 is 0 Å². The van der Waals surface area contributed by atoms with Crippen molar-refractivity contribution in [3.05, 3.63) is 15.6 Å². The summed E-state index contributed by atoms with van der Waals surface area (Å²) in [5, 5.41) is 8.38. The van der Waals surface area contributed by atoms with E-state index in [0.29, 0.717) is 0 Å². The van der Waals surface area contributed by atoms with Crippen molar-refractivity contribution in [2.24, 2.45) is 11.1 Å². The molecule has 1 aliphatic heterocycles. The fourth-order valence-corrected chi connectivity index (χ4v) is 4.98. The van der Waals surface area contributed by atoms with E-state index in [1.807, 2.05) is 13.8 Å². The average molecular weight is 319 g/mol. The Bertz CT molecular complexity index is 646. The zero-order valence-corrected chi connectivity index (χ0v) is 13.8. The third kappa shape index (κ3) is 2.33. The third-order valence-electron chi connectivity index (χ3n) is 4.95. The number of nitrogens with one attached hydrogen (secondary N) is 1. The summed E-state index contributed by atoms with van der Waals surface area (Å²) < 4.78 is 0. The van der Waals surface area contributed by atoms with Crippen LogP contribution in [0.4, 0.5) is 0 Å². The fraction of sp³-hybridized carbons (Fsp3) is 0.688. The van der Waals surface area contributed by atoms with Gasteiger partial charge in [-0.3, -0.25) is 4.79 Å². The normalized spacial score (nSPS) is 32.9. The molecule has 2 aliphatic carbocycles. The second-order valence-electron chi connectivity index (χ2n) is 6.88. The van der Waals surface area contributed by atoms with Gasteiger partial charge in [0.15, 0.2) is 0 Å². The van der Waals surface area contributed by atoms with Crippen LogP contribution in [0.5, 0.6) is 0 Å². The van der Waals surface area contributed by atoms with Gasteiger partial charge in [0.1, 0.15) is 5.60 Å². The number of carbonyl (C=O) groups excluding carboxylic acids is 1. The van der Waals surface area contributed by atoms with Gasteiger partial charge in [-0.2, -0.15) is 0 Å². The molecule has 0 aromatic carbocycles. The number of fused-ring (bicyclic) bond motifs is 1. The molecule has 1 unspecified atom stereocenters. The quantitative estimate of drug-likeness (QED) is 0.911. The molecule has 0 bridgehead atoms. The van der Waals surface area contributed by atoms with E-state index < -0.39 is 0 Å². The van der Waals surface area contributed by atoms with Crippen LogP contribution in [0.15, 0.2) is 5.16 Å². The van der Waals surface area contributed by atoms with Crippen LogP contribution in [-0.4, -0.2) is 22.2 Å². The molecule has 118 valence electrons. The Kier molecular flexibility index (Phi) is 3.25. The van der Waals surface area contributed by atoms with Gasteiger partial charge in [-0.1, -0.05) is 5.16 Å². The molecule has 1 amide bonds. The first-order valence-electron chi connectivity index (χ1n) is 8.03. The Morgan fingerprint density at radius 1 is 1.41 bits per heavy atom. The molecular weight excluding hydrogens is 298 g/mol. The summed E-state index contributed by atoms with van der Waals surface area (Å²) in [4.78, 5) is 23.9. The van der Waals surface area contributed by atoms with E-state index in [0.717, 1.165) is 49.2 Å². The predicted octanol–water partition coefficient (Wildman–Crippen LogP) is 2.89. The molecule has 5 nitrogen and oxygen atoms in total. The lowest BCUT2D eigenvalue weighted by Crippen LogP contribution is -2.50. The smallest absolute Gasteiger partial charge is 0.223 e. The number of thiazole rings is 1. The highest BCUT2D eigenvalue weighted by Crippen LogP contribution is 2.47. The van der Waals surface area contributed by atoms with Crippen LogP contribution in [0, 0.1) is 12.8 Å². The van der Waals surface area contributed by atoms with Gasteiger partial charge in [-0.05, 0) is 33.1 Å². The van der Waals surface area contributed by atoms with Gasteiger partial charge in [-0.15, -0.1) is 11.3 Å². The Labute approximate surface area is 134 Å². The van der Waals surface area contributed by atoms with Crippen molar-refractivity contribution >= 4 is 23.0 Å². The number of oxime groups is 1. The molecule has 1 saturated carbocycles. The number of hydrogen-bond acceptors (Lipinski definition) is 5. The summed E-state index contributed by atoms with van der Waals surface area (Å²) >= 11 is 1.73. The minimum absolute atomic E-state index is 0.0699. The highest BCUT2D eigenvalue weighted by Gasteiger charge is 2.52. The monoisotopic (exact) mass is 319 g/mol. The van der Waals surface area contributed by atoms with Crippen LogP contribution in [0.2, 0.25) is 0 Å². The van der Waals surface area contributed by atoms with Gasteiger partial charge < -0.3 is 10.2 Å². The molecule has 1 aromatic rings. The molecule has 22 heavy (non-hydrogen) atoms. The number of aromatic nitrogens is 1. The molecular formula is C16H21N3O2S. The molecule has 1 aromatic heterocycles. The number of amides is 1. The van der Waals surface area contributed by atoms with Gasteiger partial charge in [0.05, 0.1) is 27.3 Å². The van der Waals surface area contributed by atoms with Crippen molar-refractivity contribution < 1.29 is 9.63 Å². The topological polar surface area (TPSA) is 63.6 Å². The summed E-state index contributed by atoms with van der Waals surface area (Å²) in [6.07, 6.45) is 5.63. The lowest BCUT2D eigenvalue weighted by atomic mass is 9.68. The first-order valence-corrected chi connectivity index (χ1v) is 8.84. The Balaban J connectivity index is 1.38. The molecule has 6 heteroatoms. The molecule has 0 saturated heterocycles. The van der Waals surface area contributed by atoms with Gasteiger partial charge >= 0.3 is 0 Å². The van der Waals surface area contributed by atoms with Crippen molar-refractivity contribution in [3.8, 4) is 0 Å². The van der Waals surface area contributed by atoms with Gasteiger partial charge in [0, 0.05) is 25.2 Å². The largest absolute Gasteiger partial charge is 0.389 e. The minimum atomic E-state index is -0.176. The van der Waals surface area contributed by atoms with Crippen LogP contribution in [-0.2, 0) is 16.1 Å². The van der Waals surface area contributed by atoms with Crippen molar-refractivity contribution in [1.82, 2.24) is 10.3 Å². The summed E-state index contributed by atoms with van der Waals surface area (Å²) in [6.45, 7) is 4.02. The van der Waals surface area contributed by atoms with Crippen LogP contribution < -0.4 is 5.32 Å². The molecule has 1 atom stereocenters. The molecule has 1 fully saturated rings. The molecule has 1 spiro atoms. The van der Waals surface area contributed by atoms with Gasteiger partial charge in [-0.25, -0.2) is 4.98 Å². The summed E-state index contributed by atoms with van der Waals surface area (Å²) in [6, 6.07) is 0.154. The lowest BCUT2D eigenvalue weighted by molar-refractivity contribution is -0.148. The van der Waals surface area contributed by atoms with Crippen LogP contribution in [0.3, 0.4) is 0 Å². The van der Waals surface area contributed by atoms with Crippen LogP contribution in [0.25, 0.3) is 0 Å². The van der Waals surface area contributed by atoms with Crippen molar-refractivity contribution in [2.45, 2.75) is 64.0 Å². The Morgan fingerprint density at radius 3 is 2.95 bits per heavy atom. The van der Waals surface area contributed by atoms with E-state index in [2.05, 4.69) is 15.5 Å². The molecule has 3 aliphatic rings. The lowest BCUT2D eigenvalue weighted by Gasteiger charge is -2.42. The number of hydrogen-bond donors (Lipinski definition) is 1. The highest BCUT2D eigenvalue weighted by atomic mass is 32.1. The van der Waals surface area contributed by atoms with Crippen LogP contribution >= 0.6 is 11.3 Å². The van der Waals surface area contributed by atoms with Gasteiger partial charge in [0.25, 0.3) is 0 Å². The summed E-state index contributed by atoms with van der Waals surface area (Å²) in [7, 11) is 0. The van der Waals surface area contributed by atoms with E-state index in [1.54, 1.807) is 11.3 Å². The molecule has 2 heterocycles. The number of carbonyl (C=O) groups is 1. The van der Waals surface area contributed by atoms with E-state index in [9.17, 15) is 4.79 Å². The van der Waals surface area contributed by atoms with E-state index in [4.69, 9.17) is 4.84 Å². The Morgan fingerprint density at radius 2 is 2.23 bits per heavy atom.